The Morgan fingerprint density at radius 1 is 0.833 bits per heavy atom. The smallest absolute Gasteiger partial charge is 0.264 e. The number of rotatable bonds is 12. The van der Waals surface area contributed by atoms with Gasteiger partial charge in [0.2, 0.25) is 11.8 Å². The number of sulfonamides is 1. The summed E-state index contributed by atoms with van der Waals surface area (Å²) in [6.45, 7) is 6.82. The zero-order chi connectivity index (χ0) is 31.2. The summed E-state index contributed by atoms with van der Waals surface area (Å²) in [7, 11) is -4.24. The topological polar surface area (TPSA) is 86.8 Å². The SMILES string of the molecule is CC[C@@H](C)NC(=O)[C@@H](CC)N(Cc1ccc(Cl)c(Cl)c1)C(=O)CN(c1ccc(Cl)c(Cl)c1)S(=O)(=O)c1ccc(C)cc1. The first kappa shape index (κ1) is 34.0. The van der Waals surface area contributed by atoms with Gasteiger partial charge >= 0.3 is 0 Å². The summed E-state index contributed by atoms with van der Waals surface area (Å²) in [5.74, 6) is -0.947. The fourth-order valence-corrected chi connectivity index (χ4v) is 6.22. The van der Waals surface area contributed by atoms with E-state index >= 15 is 0 Å². The Labute approximate surface area is 267 Å². The Kier molecular flexibility index (Phi) is 12.0. The van der Waals surface area contributed by atoms with Crippen LogP contribution in [-0.2, 0) is 26.2 Å². The second-order valence-corrected chi connectivity index (χ2v) is 13.4. The van der Waals surface area contributed by atoms with Crippen molar-refractivity contribution in [2.45, 2.75) is 64.1 Å². The van der Waals surface area contributed by atoms with E-state index < -0.39 is 28.5 Å². The number of benzene rings is 3. The number of anilines is 1. The van der Waals surface area contributed by atoms with Gasteiger partial charge in [0.05, 0.1) is 30.7 Å². The molecular formula is C30H33Cl4N3O4S. The third-order valence-corrected chi connectivity index (χ3v) is 10.1. The lowest BCUT2D eigenvalue weighted by Crippen LogP contribution is -2.53. The van der Waals surface area contributed by atoms with Crippen LogP contribution < -0.4 is 9.62 Å². The highest BCUT2D eigenvalue weighted by Crippen LogP contribution is 2.31. The molecule has 42 heavy (non-hydrogen) atoms. The van der Waals surface area contributed by atoms with Gasteiger partial charge in [0.25, 0.3) is 10.0 Å². The van der Waals surface area contributed by atoms with Crippen LogP contribution in [0.15, 0.2) is 65.6 Å². The maximum Gasteiger partial charge on any atom is 0.264 e. The normalized spacial score (nSPS) is 12.9. The molecule has 0 heterocycles. The van der Waals surface area contributed by atoms with Crippen LogP contribution in [0.1, 0.15) is 44.7 Å². The molecule has 2 atom stereocenters. The second-order valence-electron chi connectivity index (χ2n) is 9.94. The summed E-state index contributed by atoms with van der Waals surface area (Å²) >= 11 is 24.7. The van der Waals surface area contributed by atoms with Crippen molar-refractivity contribution in [3.63, 3.8) is 0 Å². The number of nitrogens with one attached hydrogen (secondary N) is 1. The molecule has 0 bridgehead atoms. The van der Waals surface area contributed by atoms with Crippen LogP contribution in [0.3, 0.4) is 0 Å². The first-order valence-electron chi connectivity index (χ1n) is 13.4. The average Bonchev–Trinajstić information content (AvgIpc) is 2.95. The Balaban J connectivity index is 2.10. The molecule has 0 radical (unpaired) electrons. The summed E-state index contributed by atoms with van der Waals surface area (Å²) in [5, 5.41) is 3.92. The number of nitrogens with zero attached hydrogens (tertiary/aromatic N) is 2. The molecule has 0 saturated heterocycles. The van der Waals surface area contributed by atoms with Gasteiger partial charge in [-0.25, -0.2) is 8.42 Å². The molecule has 0 unspecified atom stereocenters. The zero-order valence-corrected chi connectivity index (χ0v) is 27.5. The van der Waals surface area contributed by atoms with Gasteiger partial charge in [0.1, 0.15) is 12.6 Å². The van der Waals surface area contributed by atoms with E-state index in [-0.39, 0.29) is 50.6 Å². The fraction of sp³-hybridized carbons (Fsp3) is 0.333. The lowest BCUT2D eigenvalue weighted by Gasteiger charge is -2.34. The van der Waals surface area contributed by atoms with Crippen LogP contribution >= 0.6 is 46.4 Å². The molecule has 3 aromatic rings. The largest absolute Gasteiger partial charge is 0.352 e. The van der Waals surface area contributed by atoms with Gasteiger partial charge in [-0.2, -0.15) is 0 Å². The van der Waals surface area contributed by atoms with E-state index in [0.717, 1.165) is 9.87 Å². The standard InChI is InChI=1S/C30H33Cl4N3O4S/c1-5-20(4)35-30(39)28(6-2)36(17-21-9-13-24(31)26(33)15-21)29(38)18-37(22-10-14-25(32)27(34)16-22)42(40,41)23-11-7-19(3)8-12-23/h7-16,20,28H,5-6,17-18H2,1-4H3,(H,35,39)/t20-,28-/m1/s1. The molecule has 0 aliphatic heterocycles. The van der Waals surface area contributed by atoms with Crippen LogP contribution in [0, 0.1) is 6.92 Å². The van der Waals surface area contributed by atoms with Gasteiger partial charge in [-0.3, -0.25) is 13.9 Å². The summed E-state index contributed by atoms with van der Waals surface area (Å²) in [5.41, 5.74) is 1.64. The highest BCUT2D eigenvalue weighted by atomic mass is 35.5. The summed E-state index contributed by atoms with van der Waals surface area (Å²) in [6, 6.07) is 14.5. The van der Waals surface area contributed by atoms with E-state index in [4.69, 9.17) is 46.4 Å². The minimum Gasteiger partial charge on any atom is -0.352 e. The van der Waals surface area contributed by atoms with Crippen molar-refractivity contribution in [1.29, 1.82) is 0 Å². The van der Waals surface area contributed by atoms with Crippen molar-refractivity contribution in [2.75, 3.05) is 10.8 Å². The third-order valence-electron chi connectivity index (χ3n) is 6.80. The average molecular weight is 673 g/mol. The number of carbonyl (C=O) groups is 2. The van der Waals surface area contributed by atoms with Crippen molar-refractivity contribution in [2.24, 2.45) is 0 Å². The van der Waals surface area contributed by atoms with Crippen molar-refractivity contribution in [1.82, 2.24) is 10.2 Å². The minimum absolute atomic E-state index is 0.00967. The molecule has 3 rings (SSSR count). The molecule has 0 aliphatic rings. The number of hydrogen-bond donors (Lipinski definition) is 1. The van der Waals surface area contributed by atoms with Crippen molar-refractivity contribution in [3.8, 4) is 0 Å². The lowest BCUT2D eigenvalue weighted by atomic mass is 10.1. The van der Waals surface area contributed by atoms with Gasteiger partial charge in [0.15, 0.2) is 0 Å². The minimum atomic E-state index is -4.24. The van der Waals surface area contributed by atoms with E-state index in [0.29, 0.717) is 17.0 Å². The van der Waals surface area contributed by atoms with E-state index in [9.17, 15) is 18.0 Å². The van der Waals surface area contributed by atoms with Crippen molar-refractivity contribution in [3.05, 3.63) is 91.9 Å². The van der Waals surface area contributed by atoms with Crippen LogP contribution in [0.5, 0.6) is 0 Å². The molecule has 1 N–H and O–H groups in total. The predicted molar refractivity (Wildman–Crippen MR) is 171 cm³/mol. The first-order chi connectivity index (χ1) is 19.8. The van der Waals surface area contributed by atoms with Crippen molar-refractivity contribution >= 4 is 73.9 Å². The van der Waals surface area contributed by atoms with Crippen molar-refractivity contribution < 1.29 is 18.0 Å². The van der Waals surface area contributed by atoms with E-state index in [1.807, 2.05) is 20.8 Å². The van der Waals surface area contributed by atoms with Crippen LogP contribution in [0.4, 0.5) is 5.69 Å². The van der Waals surface area contributed by atoms with Gasteiger partial charge in [-0.15, -0.1) is 0 Å². The monoisotopic (exact) mass is 671 g/mol. The fourth-order valence-electron chi connectivity index (χ4n) is 4.20. The van der Waals surface area contributed by atoms with Gasteiger partial charge in [0, 0.05) is 12.6 Å². The molecule has 2 amide bonds. The Morgan fingerprint density at radius 2 is 1.43 bits per heavy atom. The molecule has 7 nitrogen and oxygen atoms in total. The number of halogens is 4. The molecule has 0 fully saturated rings. The second kappa shape index (κ2) is 14.8. The lowest BCUT2D eigenvalue weighted by molar-refractivity contribution is -0.140. The maximum absolute atomic E-state index is 14.1. The first-order valence-corrected chi connectivity index (χ1v) is 16.3. The van der Waals surface area contributed by atoms with Crippen LogP contribution in [-0.4, -0.2) is 43.8 Å². The number of carbonyl (C=O) groups excluding carboxylic acids is 2. The summed E-state index contributed by atoms with van der Waals surface area (Å²) in [6.07, 6.45) is 0.982. The summed E-state index contributed by atoms with van der Waals surface area (Å²) < 4.78 is 28.9. The Hall–Kier alpha value is -2.49. The zero-order valence-electron chi connectivity index (χ0n) is 23.7. The van der Waals surface area contributed by atoms with Gasteiger partial charge in [-0.1, -0.05) is 84.0 Å². The highest BCUT2D eigenvalue weighted by Gasteiger charge is 2.34. The quantitative estimate of drug-likeness (QED) is 0.216. The number of amides is 2. The van der Waals surface area contributed by atoms with E-state index in [1.165, 1.54) is 35.2 Å². The van der Waals surface area contributed by atoms with Gasteiger partial charge in [-0.05, 0) is 74.7 Å². The molecule has 0 aliphatic carbocycles. The van der Waals surface area contributed by atoms with Crippen LogP contribution in [0.25, 0.3) is 0 Å². The number of aryl methyl sites for hydroxylation is 1. The summed E-state index contributed by atoms with van der Waals surface area (Å²) in [4.78, 5) is 28.9. The highest BCUT2D eigenvalue weighted by molar-refractivity contribution is 7.92. The molecular weight excluding hydrogens is 640 g/mol. The molecule has 3 aromatic carbocycles. The van der Waals surface area contributed by atoms with E-state index in [1.54, 1.807) is 37.3 Å². The molecule has 0 aromatic heterocycles. The maximum atomic E-state index is 14.1. The Bertz CT molecular complexity index is 1530. The molecule has 226 valence electrons. The molecule has 0 saturated carbocycles. The van der Waals surface area contributed by atoms with Crippen LogP contribution in [0.2, 0.25) is 20.1 Å². The van der Waals surface area contributed by atoms with E-state index in [2.05, 4.69) is 5.32 Å². The Morgan fingerprint density at radius 3 is 1.98 bits per heavy atom. The number of hydrogen-bond acceptors (Lipinski definition) is 4. The molecule has 0 spiro atoms. The molecule has 12 heteroatoms. The van der Waals surface area contributed by atoms with Gasteiger partial charge < -0.3 is 10.2 Å². The predicted octanol–water partition coefficient (Wildman–Crippen LogP) is 7.53. The third kappa shape index (κ3) is 8.32.